The van der Waals surface area contributed by atoms with E-state index in [-0.39, 0.29) is 23.6 Å². The Morgan fingerprint density at radius 2 is 1.60 bits per heavy atom. The van der Waals surface area contributed by atoms with Crippen molar-refractivity contribution in [2.24, 2.45) is 0 Å². The van der Waals surface area contributed by atoms with Gasteiger partial charge in [0, 0.05) is 36.0 Å². The summed E-state index contributed by atoms with van der Waals surface area (Å²) in [7, 11) is 0. The predicted molar refractivity (Wildman–Crippen MR) is 172 cm³/mol. The molecule has 1 aromatic heterocycles. The van der Waals surface area contributed by atoms with Gasteiger partial charge in [0.25, 0.3) is 5.91 Å². The minimum Gasteiger partial charge on any atom is -0.478 e. The smallest absolute Gasteiger partial charge is 0.335 e. The predicted octanol–water partition coefficient (Wildman–Crippen LogP) is 7.74. The van der Waals surface area contributed by atoms with E-state index in [0.717, 1.165) is 27.6 Å². The second kappa shape index (κ2) is 12.6. The van der Waals surface area contributed by atoms with Crippen LogP contribution in [0.4, 0.5) is 15.8 Å². The summed E-state index contributed by atoms with van der Waals surface area (Å²) in [5.74, 6) is -1.85. The first-order valence-electron chi connectivity index (χ1n) is 14.2. The molecule has 220 valence electrons. The number of aromatic carboxylic acids is 1. The van der Waals surface area contributed by atoms with Gasteiger partial charge in [-0.1, -0.05) is 60.7 Å². The Balaban J connectivity index is 1.36. The number of hydrogen-bond acceptors (Lipinski definition) is 4. The van der Waals surface area contributed by atoms with Crippen molar-refractivity contribution in [3.63, 3.8) is 0 Å². The molecule has 0 spiro atoms. The van der Waals surface area contributed by atoms with Gasteiger partial charge in [0.15, 0.2) is 0 Å². The number of fused-ring (bicyclic) bond motifs is 1. The van der Waals surface area contributed by atoms with Gasteiger partial charge in [0.05, 0.1) is 28.3 Å². The van der Waals surface area contributed by atoms with Gasteiger partial charge in [-0.15, -0.1) is 0 Å². The molecule has 0 bridgehead atoms. The van der Waals surface area contributed by atoms with Crippen LogP contribution in [0, 0.1) is 17.1 Å². The monoisotopic (exact) mass is 594 g/mol. The molecule has 0 unspecified atom stereocenters. The van der Waals surface area contributed by atoms with Crippen molar-refractivity contribution in [3.05, 3.63) is 155 Å². The van der Waals surface area contributed by atoms with Crippen molar-refractivity contribution < 1.29 is 19.1 Å². The third-order valence-corrected chi connectivity index (χ3v) is 7.52. The molecule has 3 N–H and O–H groups in total. The lowest BCUT2D eigenvalue weighted by Gasteiger charge is -2.15. The van der Waals surface area contributed by atoms with Crippen LogP contribution in [0.3, 0.4) is 0 Å². The van der Waals surface area contributed by atoms with Crippen molar-refractivity contribution in [1.29, 1.82) is 5.26 Å². The van der Waals surface area contributed by atoms with E-state index in [4.69, 9.17) is 0 Å². The Kier molecular flexibility index (Phi) is 8.08. The number of carbonyl (C=O) groups excluding carboxylic acids is 1. The van der Waals surface area contributed by atoms with E-state index in [0.29, 0.717) is 29.0 Å². The fourth-order valence-electron chi connectivity index (χ4n) is 5.35. The molecule has 0 aliphatic rings. The minimum atomic E-state index is -1.01. The number of aromatic nitrogens is 1. The molecule has 6 aromatic rings. The molecule has 8 heteroatoms. The third-order valence-electron chi connectivity index (χ3n) is 7.52. The number of benzene rings is 5. The van der Waals surface area contributed by atoms with Crippen LogP contribution >= 0.6 is 0 Å². The van der Waals surface area contributed by atoms with Crippen molar-refractivity contribution in [2.45, 2.75) is 13.1 Å². The van der Waals surface area contributed by atoms with Gasteiger partial charge >= 0.3 is 5.97 Å². The van der Waals surface area contributed by atoms with E-state index in [9.17, 15) is 24.3 Å². The fraction of sp³-hybridized carbons (Fsp3) is 0.0541. The quantitative estimate of drug-likeness (QED) is 0.159. The number of carboxylic acids is 1. The number of nitrogens with one attached hydrogen (secondary N) is 2. The lowest BCUT2D eigenvalue weighted by Crippen LogP contribution is -2.23. The van der Waals surface area contributed by atoms with E-state index in [1.165, 1.54) is 24.3 Å². The van der Waals surface area contributed by atoms with E-state index in [2.05, 4.69) is 34.9 Å². The molecule has 0 aliphatic heterocycles. The highest BCUT2D eigenvalue weighted by Gasteiger charge is 2.18. The number of hydrogen-bond donors (Lipinski definition) is 3. The zero-order valence-corrected chi connectivity index (χ0v) is 24.0. The Labute approximate surface area is 258 Å². The summed E-state index contributed by atoms with van der Waals surface area (Å²) < 4.78 is 16.2. The highest BCUT2D eigenvalue weighted by Crippen LogP contribution is 2.32. The largest absolute Gasteiger partial charge is 0.478 e. The average molecular weight is 595 g/mol. The van der Waals surface area contributed by atoms with Crippen LogP contribution in [-0.2, 0) is 13.1 Å². The summed E-state index contributed by atoms with van der Waals surface area (Å²) in [5.41, 5.74) is 6.54. The summed E-state index contributed by atoms with van der Waals surface area (Å²) in [5, 5.41) is 25.4. The highest BCUT2D eigenvalue weighted by molar-refractivity contribution is 6.09. The Bertz CT molecular complexity index is 2080. The van der Waals surface area contributed by atoms with Crippen molar-refractivity contribution >= 4 is 34.2 Å². The number of nitrogens with zero attached hydrogens (tertiary/aromatic N) is 2. The van der Waals surface area contributed by atoms with E-state index < -0.39 is 11.8 Å². The summed E-state index contributed by atoms with van der Waals surface area (Å²) in [6.07, 6.45) is 1.92. The minimum absolute atomic E-state index is 0.171. The van der Waals surface area contributed by atoms with Gasteiger partial charge in [0.2, 0.25) is 0 Å². The van der Waals surface area contributed by atoms with Crippen LogP contribution in [0.15, 0.2) is 121 Å². The van der Waals surface area contributed by atoms with E-state index >= 15 is 0 Å². The molecule has 1 heterocycles. The van der Waals surface area contributed by atoms with Gasteiger partial charge in [-0.25, -0.2) is 9.18 Å². The number of nitriles is 1. The first-order chi connectivity index (χ1) is 21.9. The van der Waals surface area contributed by atoms with Crippen LogP contribution in [-0.4, -0.2) is 21.6 Å². The summed E-state index contributed by atoms with van der Waals surface area (Å²) in [4.78, 5) is 24.8. The molecule has 0 aliphatic carbocycles. The number of rotatable bonds is 9. The Morgan fingerprint density at radius 1 is 0.822 bits per heavy atom. The van der Waals surface area contributed by atoms with Crippen molar-refractivity contribution in [1.82, 2.24) is 9.88 Å². The highest BCUT2D eigenvalue weighted by atomic mass is 19.1. The second-order valence-electron chi connectivity index (χ2n) is 10.6. The summed E-state index contributed by atoms with van der Waals surface area (Å²) in [6, 6.07) is 36.1. The number of anilines is 2. The number of amides is 1. The van der Waals surface area contributed by atoms with Crippen LogP contribution in [0.1, 0.15) is 37.4 Å². The molecule has 0 atom stereocenters. The van der Waals surface area contributed by atoms with Crippen LogP contribution in [0.2, 0.25) is 0 Å². The van der Waals surface area contributed by atoms with Crippen LogP contribution < -0.4 is 10.6 Å². The number of halogens is 1. The molecule has 1 amide bonds. The Hall–Kier alpha value is -6.20. The Morgan fingerprint density at radius 3 is 2.36 bits per heavy atom. The number of carboxylic acid groups (broad SMARTS) is 1. The molecule has 6 rings (SSSR count). The average Bonchev–Trinajstić information content (AvgIpc) is 3.48. The van der Waals surface area contributed by atoms with Gasteiger partial charge < -0.3 is 20.3 Å². The molecule has 45 heavy (non-hydrogen) atoms. The maximum Gasteiger partial charge on any atom is 0.335 e. The lowest BCUT2D eigenvalue weighted by molar-refractivity contribution is 0.0696. The van der Waals surface area contributed by atoms with Gasteiger partial charge in [-0.3, -0.25) is 4.79 Å². The molecule has 0 fully saturated rings. The van der Waals surface area contributed by atoms with Gasteiger partial charge in [-0.2, -0.15) is 5.26 Å². The standard InChI is InChI=1S/C37H27FN4O3/c38-30-18-26(21-39)19-31(20-30)41-34-14-13-33(36(43)40-22-24-9-11-28(12-10-24)37(44)45)35-32(34)15-16-42(35)23-25-5-4-8-29(17-25)27-6-2-1-3-7-27/h1-20,41H,22-23H2,(H,40,43)(H,44,45). The number of carbonyl (C=O) groups is 2. The van der Waals surface area contributed by atoms with Crippen molar-refractivity contribution in [2.75, 3.05) is 5.32 Å². The van der Waals surface area contributed by atoms with Gasteiger partial charge in [0.1, 0.15) is 5.82 Å². The third kappa shape index (κ3) is 6.43. The molecule has 0 radical (unpaired) electrons. The first-order valence-corrected chi connectivity index (χ1v) is 14.2. The molecule has 0 saturated heterocycles. The normalized spacial score (nSPS) is 10.8. The van der Waals surface area contributed by atoms with Gasteiger partial charge in [-0.05, 0) is 76.9 Å². The van der Waals surface area contributed by atoms with Crippen molar-refractivity contribution in [3.8, 4) is 17.2 Å². The molecule has 7 nitrogen and oxygen atoms in total. The van der Waals surface area contributed by atoms with Crippen LogP contribution in [0.5, 0.6) is 0 Å². The molecular formula is C37H27FN4O3. The first kappa shape index (κ1) is 28.9. The summed E-state index contributed by atoms with van der Waals surface area (Å²) in [6.45, 7) is 0.698. The zero-order chi connectivity index (χ0) is 31.3. The molecule has 5 aromatic carbocycles. The fourth-order valence-corrected chi connectivity index (χ4v) is 5.35. The molecule has 0 saturated carbocycles. The molecular weight excluding hydrogens is 567 g/mol. The second-order valence-corrected chi connectivity index (χ2v) is 10.6. The van der Waals surface area contributed by atoms with E-state index in [1.807, 2.05) is 53.2 Å². The maximum absolute atomic E-state index is 14.2. The zero-order valence-electron chi connectivity index (χ0n) is 24.0. The van der Waals surface area contributed by atoms with E-state index in [1.54, 1.807) is 30.3 Å². The summed E-state index contributed by atoms with van der Waals surface area (Å²) >= 11 is 0. The van der Waals surface area contributed by atoms with Crippen LogP contribution in [0.25, 0.3) is 22.0 Å². The SMILES string of the molecule is N#Cc1cc(F)cc(Nc2ccc(C(=O)NCc3ccc(C(=O)O)cc3)c3c2ccn3Cc2cccc(-c3ccccc3)c2)c1. The maximum atomic E-state index is 14.2. The topological polar surface area (TPSA) is 107 Å². The lowest BCUT2D eigenvalue weighted by atomic mass is 10.0.